The van der Waals surface area contributed by atoms with Crippen LogP contribution in [0.2, 0.25) is 0 Å². The molecule has 3 N–H and O–H groups in total. The van der Waals surface area contributed by atoms with Crippen LogP contribution in [0.3, 0.4) is 0 Å². The second-order valence-corrected chi connectivity index (χ2v) is 7.20. The lowest BCUT2D eigenvalue weighted by atomic mass is 10.4. The molecule has 1 aliphatic rings. The zero-order chi connectivity index (χ0) is 14.8. The molecule has 0 spiro atoms. The van der Waals surface area contributed by atoms with Crippen molar-refractivity contribution < 1.29 is 4.79 Å². The van der Waals surface area contributed by atoms with Gasteiger partial charge in [-0.05, 0) is 32.9 Å². The van der Waals surface area contributed by atoms with E-state index in [9.17, 15) is 4.79 Å². The van der Waals surface area contributed by atoms with Crippen LogP contribution < -0.4 is 16.0 Å². The van der Waals surface area contributed by atoms with E-state index in [1.54, 1.807) is 0 Å². The molecule has 0 saturated heterocycles. The van der Waals surface area contributed by atoms with Gasteiger partial charge in [-0.1, -0.05) is 11.3 Å². The fourth-order valence-electron chi connectivity index (χ4n) is 2.03. The summed E-state index contributed by atoms with van der Waals surface area (Å²) in [4.78, 5) is 19.2. The first kappa shape index (κ1) is 15.4. The maximum atomic E-state index is 12.2. The van der Waals surface area contributed by atoms with Gasteiger partial charge in [-0.25, -0.2) is 4.98 Å². The minimum Gasteiger partial charge on any atom is -0.382 e. The summed E-state index contributed by atoms with van der Waals surface area (Å²) in [6, 6.07) is 0. The minimum atomic E-state index is -0.0984. The van der Waals surface area contributed by atoms with Crippen LogP contribution in [0.4, 0.5) is 10.9 Å². The molecule has 0 bridgehead atoms. The Hall–Kier alpha value is -0.950. The predicted octanol–water partition coefficient (Wildman–Crippen LogP) is 2.20. The molecule has 0 aromatic carbocycles. The standard InChI is InChI=1S/C13H22N4OS2/c1-4-17(5-2)12-16-10(14)9(20-12)11(18)15-8-13(19-3)6-7-13/h4-8,14H2,1-3H3,(H,15,18). The van der Waals surface area contributed by atoms with Crippen LogP contribution in [0, 0.1) is 0 Å². The minimum absolute atomic E-state index is 0.0984. The van der Waals surface area contributed by atoms with Gasteiger partial charge < -0.3 is 16.0 Å². The van der Waals surface area contributed by atoms with Gasteiger partial charge in [0, 0.05) is 24.4 Å². The molecule has 1 fully saturated rings. The summed E-state index contributed by atoms with van der Waals surface area (Å²) in [6.07, 6.45) is 4.45. The Kier molecular flexibility index (Phi) is 4.80. The van der Waals surface area contributed by atoms with E-state index in [1.165, 1.54) is 24.2 Å². The molecule has 112 valence electrons. The smallest absolute Gasteiger partial charge is 0.265 e. The summed E-state index contributed by atoms with van der Waals surface area (Å²) < 4.78 is 0.261. The molecule has 1 aromatic heterocycles. The monoisotopic (exact) mass is 314 g/mol. The fraction of sp³-hybridized carbons (Fsp3) is 0.692. The Bertz CT molecular complexity index is 481. The lowest BCUT2D eigenvalue weighted by Crippen LogP contribution is -2.31. The maximum absolute atomic E-state index is 12.2. The van der Waals surface area contributed by atoms with Crippen LogP contribution in [-0.4, -0.2) is 41.5 Å². The zero-order valence-corrected chi connectivity index (χ0v) is 13.9. The third-order valence-corrected chi connectivity index (χ3v) is 6.24. The van der Waals surface area contributed by atoms with Crippen molar-refractivity contribution in [3.63, 3.8) is 0 Å². The third-order valence-electron chi connectivity index (χ3n) is 3.69. The van der Waals surface area contributed by atoms with Gasteiger partial charge in [-0.15, -0.1) is 0 Å². The normalized spacial score (nSPS) is 15.9. The quantitative estimate of drug-likeness (QED) is 0.807. The van der Waals surface area contributed by atoms with Crippen molar-refractivity contribution in [3.8, 4) is 0 Å². The number of thioether (sulfide) groups is 1. The summed E-state index contributed by atoms with van der Waals surface area (Å²) in [5.74, 6) is 0.238. The summed E-state index contributed by atoms with van der Waals surface area (Å²) >= 11 is 3.20. The molecule has 1 amide bonds. The van der Waals surface area contributed by atoms with Crippen molar-refractivity contribution in [2.24, 2.45) is 0 Å². The van der Waals surface area contributed by atoms with Gasteiger partial charge in [0.2, 0.25) is 0 Å². The first-order valence-electron chi connectivity index (χ1n) is 6.90. The van der Waals surface area contributed by atoms with E-state index in [-0.39, 0.29) is 10.7 Å². The molecule has 1 aromatic rings. The van der Waals surface area contributed by atoms with Crippen LogP contribution in [0.15, 0.2) is 0 Å². The number of nitrogens with zero attached hydrogens (tertiary/aromatic N) is 2. The number of hydrogen-bond donors (Lipinski definition) is 2. The zero-order valence-electron chi connectivity index (χ0n) is 12.2. The maximum Gasteiger partial charge on any atom is 0.265 e. The highest BCUT2D eigenvalue weighted by atomic mass is 32.2. The number of amides is 1. The average molecular weight is 314 g/mol. The number of nitrogens with one attached hydrogen (secondary N) is 1. The second kappa shape index (κ2) is 6.22. The van der Waals surface area contributed by atoms with E-state index in [4.69, 9.17) is 5.73 Å². The molecule has 0 aliphatic heterocycles. The van der Waals surface area contributed by atoms with Crippen LogP contribution in [0.25, 0.3) is 0 Å². The highest BCUT2D eigenvalue weighted by Gasteiger charge is 2.42. The fourth-order valence-corrected chi connectivity index (χ4v) is 3.78. The van der Waals surface area contributed by atoms with Gasteiger partial charge in [0.25, 0.3) is 5.91 Å². The van der Waals surface area contributed by atoms with E-state index in [0.29, 0.717) is 17.2 Å². The first-order valence-corrected chi connectivity index (χ1v) is 8.94. The number of nitrogens with two attached hydrogens (primary N) is 1. The Balaban J connectivity index is 2.02. The van der Waals surface area contributed by atoms with Crippen LogP contribution in [-0.2, 0) is 0 Å². The Morgan fingerprint density at radius 2 is 2.15 bits per heavy atom. The Labute approximate surface area is 128 Å². The van der Waals surface area contributed by atoms with Crippen molar-refractivity contribution >= 4 is 40.0 Å². The molecule has 1 saturated carbocycles. The van der Waals surface area contributed by atoms with Gasteiger partial charge in [0.05, 0.1) is 0 Å². The lowest BCUT2D eigenvalue weighted by Gasteiger charge is -2.16. The average Bonchev–Trinajstić information content (AvgIpc) is 3.14. The van der Waals surface area contributed by atoms with Crippen LogP contribution in [0.1, 0.15) is 36.4 Å². The summed E-state index contributed by atoms with van der Waals surface area (Å²) in [7, 11) is 0. The second-order valence-electron chi connectivity index (χ2n) is 4.95. The molecule has 0 atom stereocenters. The molecule has 7 heteroatoms. The van der Waals surface area contributed by atoms with Crippen molar-refractivity contribution in [2.75, 3.05) is 36.5 Å². The largest absolute Gasteiger partial charge is 0.382 e. The summed E-state index contributed by atoms with van der Waals surface area (Å²) in [5.41, 5.74) is 5.88. The number of carbonyl (C=O) groups excluding carboxylic acids is 1. The van der Waals surface area contributed by atoms with Gasteiger partial charge in [-0.3, -0.25) is 4.79 Å². The molecule has 1 aliphatic carbocycles. The molecule has 5 nitrogen and oxygen atoms in total. The predicted molar refractivity (Wildman–Crippen MR) is 87.9 cm³/mol. The van der Waals surface area contributed by atoms with Crippen molar-refractivity contribution in [3.05, 3.63) is 4.88 Å². The molecule has 0 unspecified atom stereocenters. The number of nitrogen functional groups attached to an aromatic ring is 1. The highest BCUT2D eigenvalue weighted by molar-refractivity contribution is 8.00. The molecule has 0 radical (unpaired) electrons. The van der Waals surface area contributed by atoms with E-state index in [2.05, 4.69) is 35.3 Å². The number of thiazole rings is 1. The van der Waals surface area contributed by atoms with Gasteiger partial charge in [0.15, 0.2) is 5.13 Å². The van der Waals surface area contributed by atoms with Crippen LogP contribution in [0.5, 0.6) is 0 Å². The van der Waals surface area contributed by atoms with Crippen molar-refractivity contribution in [1.29, 1.82) is 0 Å². The van der Waals surface area contributed by atoms with Crippen LogP contribution >= 0.6 is 23.1 Å². The van der Waals surface area contributed by atoms with Gasteiger partial charge in [-0.2, -0.15) is 11.8 Å². The Morgan fingerprint density at radius 1 is 1.50 bits per heavy atom. The molecule has 1 heterocycles. The lowest BCUT2D eigenvalue weighted by molar-refractivity contribution is 0.0957. The molecule has 20 heavy (non-hydrogen) atoms. The molecule has 2 rings (SSSR count). The number of aromatic nitrogens is 1. The highest BCUT2D eigenvalue weighted by Crippen LogP contribution is 2.46. The number of carbonyl (C=O) groups is 1. The van der Waals surface area contributed by atoms with Gasteiger partial charge in [0.1, 0.15) is 10.7 Å². The summed E-state index contributed by atoms with van der Waals surface area (Å²) in [5, 5.41) is 3.82. The third kappa shape index (κ3) is 3.20. The summed E-state index contributed by atoms with van der Waals surface area (Å²) in [6.45, 7) is 6.57. The van der Waals surface area contributed by atoms with E-state index < -0.39 is 0 Å². The molecular weight excluding hydrogens is 292 g/mol. The van der Waals surface area contributed by atoms with E-state index in [0.717, 1.165) is 18.2 Å². The van der Waals surface area contributed by atoms with Crippen molar-refractivity contribution in [1.82, 2.24) is 10.3 Å². The van der Waals surface area contributed by atoms with Crippen molar-refractivity contribution in [2.45, 2.75) is 31.4 Å². The van der Waals surface area contributed by atoms with Gasteiger partial charge >= 0.3 is 0 Å². The van der Waals surface area contributed by atoms with E-state index >= 15 is 0 Å². The number of hydrogen-bond acceptors (Lipinski definition) is 6. The molecular formula is C13H22N4OS2. The number of anilines is 2. The Morgan fingerprint density at radius 3 is 2.65 bits per heavy atom. The number of rotatable bonds is 7. The SMILES string of the molecule is CCN(CC)c1nc(N)c(C(=O)NCC2(SC)CC2)s1. The first-order chi connectivity index (χ1) is 9.55. The topological polar surface area (TPSA) is 71.2 Å². The van der Waals surface area contributed by atoms with E-state index in [1.807, 2.05) is 11.8 Å².